The third kappa shape index (κ3) is 3.40. The zero-order valence-corrected chi connectivity index (χ0v) is 11.6. The molecule has 0 aromatic heterocycles. The van der Waals surface area contributed by atoms with E-state index in [4.69, 9.17) is 9.99 Å². The van der Waals surface area contributed by atoms with Crippen molar-refractivity contribution in [3.8, 4) is 0 Å². The third-order valence-electron chi connectivity index (χ3n) is 4.03. The van der Waals surface area contributed by atoms with E-state index in [2.05, 4.69) is 14.1 Å². The molecule has 1 N–H and O–H groups in total. The van der Waals surface area contributed by atoms with Gasteiger partial charge in [-0.25, -0.2) is 10.1 Å². The maximum atomic E-state index is 13.2. The Kier molecular flexibility index (Phi) is 5.19. The van der Waals surface area contributed by atoms with Gasteiger partial charge in [0.15, 0.2) is 0 Å². The van der Waals surface area contributed by atoms with Gasteiger partial charge in [-0.2, -0.15) is 8.78 Å². The minimum atomic E-state index is -3.93. The summed E-state index contributed by atoms with van der Waals surface area (Å²) in [5.74, 6) is -0.875. The molecule has 0 saturated heterocycles. The SMILES string of the molecule is COC1CC2CC(COC(=O)C(F)(F)SOOO)C1C2. The Labute approximate surface area is 118 Å². The smallest absolute Gasteiger partial charge is 0.415 e. The van der Waals surface area contributed by atoms with Crippen molar-refractivity contribution in [1.29, 1.82) is 0 Å². The minimum absolute atomic E-state index is 0.0541. The number of esters is 1. The van der Waals surface area contributed by atoms with Crippen LogP contribution < -0.4 is 0 Å². The van der Waals surface area contributed by atoms with Crippen LogP contribution in [-0.2, 0) is 23.6 Å². The molecule has 0 heterocycles. The maximum Gasteiger partial charge on any atom is 0.415 e. The standard InChI is InChI=1S/C11H16F2O6S/c1-16-9-4-6-2-7(8(9)3-6)5-17-10(14)11(12,13)20-19-18-15/h6-9,15H,2-5H2,1H3. The molecule has 2 fully saturated rings. The van der Waals surface area contributed by atoms with Crippen molar-refractivity contribution >= 4 is 18.0 Å². The van der Waals surface area contributed by atoms with Crippen LogP contribution in [0.2, 0.25) is 0 Å². The Bertz CT molecular complexity index is 356. The van der Waals surface area contributed by atoms with Crippen molar-refractivity contribution in [2.75, 3.05) is 13.7 Å². The fourth-order valence-electron chi connectivity index (χ4n) is 3.25. The van der Waals surface area contributed by atoms with Gasteiger partial charge in [0.1, 0.15) is 12.0 Å². The topological polar surface area (TPSA) is 74.2 Å². The molecule has 4 atom stereocenters. The van der Waals surface area contributed by atoms with Gasteiger partial charge in [0.05, 0.1) is 12.7 Å². The number of hydrogen-bond donors (Lipinski definition) is 1. The summed E-state index contributed by atoms with van der Waals surface area (Å²) in [6, 6.07) is 0. The molecular formula is C11H16F2O6S. The van der Waals surface area contributed by atoms with E-state index >= 15 is 0 Å². The summed E-state index contributed by atoms with van der Waals surface area (Å²) in [6.45, 7) is -0.0595. The Morgan fingerprint density at radius 3 is 2.75 bits per heavy atom. The van der Waals surface area contributed by atoms with E-state index in [0.717, 1.165) is 19.3 Å². The summed E-state index contributed by atoms with van der Waals surface area (Å²) in [6.07, 6.45) is 2.97. The first-order chi connectivity index (χ1) is 9.47. The molecule has 20 heavy (non-hydrogen) atoms. The monoisotopic (exact) mass is 314 g/mol. The van der Waals surface area contributed by atoms with Crippen molar-refractivity contribution in [3.63, 3.8) is 0 Å². The van der Waals surface area contributed by atoms with E-state index in [-0.39, 0.29) is 24.5 Å². The van der Waals surface area contributed by atoms with Gasteiger partial charge < -0.3 is 9.47 Å². The van der Waals surface area contributed by atoms with E-state index in [9.17, 15) is 13.6 Å². The van der Waals surface area contributed by atoms with Gasteiger partial charge in [-0.3, -0.25) is 0 Å². The highest BCUT2D eigenvalue weighted by molar-refractivity contribution is 7.96. The number of carbonyl (C=O) groups is 1. The van der Waals surface area contributed by atoms with Crippen LogP contribution in [0.15, 0.2) is 0 Å². The van der Waals surface area contributed by atoms with Crippen molar-refractivity contribution in [1.82, 2.24) is 0 Å². The number of carbonyl (C=O) groups excluding carboxylic acids is 1. The van der Waals surface area contributed by atoms with Crippen molar-refractivity contribution in [3.05, 3.63) is 0 Å². The Morgan fingerprint density at radius 1 is 1.40 bits per heavy atom. The van der Waals surface area contributed by atoms with Crippen LogP contribution in [-0.4, -0.2) is 36.3 Å². The van der Waals surface area contributed by atoms with Crippen LogP contribution in [0.4, 0.5) is 8.78 Å². The van der Waals surface area contributed by atoms with Crippen LogP contribution in [0, 0.1) is 17.8 Å². The van der Waals surface area contributed by atoms with Crippen LogP contribution in [0.1, 0.15) is 19.3 Å². The predicted octanol–water partition coefficient (Wildman–Crippen LogP) is 2.25. The number of hydrogen-bond acceptors (Lipinski definition) is 7. The highest BCUT2D eigenvalue weighted by Gasteiger charge is 2.48. The lowest BCUT2D eigenvalue weighted by Gasteiger charge is -2.28. The fourth-order valence-corrected chi connectivity index (χ4v) is 3.49. The van der Waals surface area contributed by atoms with E-state index in [0.29, 0.717) is 5.92 Å². The normalized spacial score (nSPS) is 32.6. The Morgan fingerprint density at radius 2 is 2.15 bits per heavy atom. The van der Waals surface area contributed by atoms with Crippen LogP contribution in [0.3, 0.4) is 0 Å². The number of methoxy groups -OCH3 is 1. The molecule has 0 amide bonds. The molecule has 0 aromatic carbocycles. The second-order valence-electron chi connectivity index (χ2n) is 5.11. The van der Waals surface area contributed by atoms with E-state index in [1.54, 1.807) is 7.11 Å². The summed E-state index contributed by atoms with van der Waals surface area (Å²) in [7, 11) is 1.63. The first kappa shape index (κ1) is 15.9. The second-order valence-corrected chi connectivity index (χ2v) is 5.93. The van der Waals surface area contributed by atoms with E-state index < -0.39 is 23.3 Å². The van der Waals surface area contributed by atoms with Gasteiger partial charge in [0.25, 0.3) is 0 Å². The molecule has 0 aliphatic heterocycles. The molecule has 2 aliphatic carbocycles. The lowest BCUT2D eigenvalue weighted by molar-refractivity contribution is -0.433. The van der Waals surface area contributed by atoms with Crippen LogP contribution >= 0.6 is 12.0 Å². The van der Waals surface area contributed by atoms with E-state index in [1.807, 2.05) is 0 Å². The third-order valence-corrected chi connectivity index (χ3v) is 4.53. The first-order valence-electron chi connectivity index (χ1n) is 6.21. The number of alkyl halides is 2. The zero-order chi connectivity index (χ0) is 14.8. The molecule has 2 rings (SSSR count). The number of halogens is 2. The molecule has 0 spiro atoms. The van der Waals surface area contributed by atoms with Crippen LogP contribution in [0.5, 0.6) is 0 Å². The molecule has 0 aromatic rings. The van der Waals surface area contributed by atoms with Crippen molar-refractivity contribution < 1.29 is 37.7 Å². The second kappa shape index (κ2) is 6.52. The van der Waals surface area contributed by atoms with Gasteiger partial charge in [-0.15, -0.1) is 4.33 Å². The number of fused-ring (bicyclic) bond motifs is 2. The average molecular weight is 314 g/mol. The lowest BCUT2D eigenvalue weighted by Crippen LogP contribution is -2.33. The highest BCUT2D eigenvalue weighted by Crippen LogP contribution is 2.49. The molecule has 2 saturated carbocycles. The molecule has 0 radical (unpaired) electrons. The quantitative estimate of drug-likeness (QED) is 0.334. The maximum absolute atomic E-state index is 13.2. The summed E-state index contributed by atoms with van der Waals surface area (Å²) in [5.41, 5.74) is 0. The number of ether oxygens (including phenoxy) is 2. The Balaban J connectivity index is 1.79. The molecule has 6 nitrogen and oxygen atoms in total. The first-order valence-corrected chi connectivity index (χ1v) is 6.95. The summed E-state index contributed by atoms with van der Waals surface area (Å²) in [4.78, 5) is 11.2. The summed E-state index contributed by atoms with van der Waals surface area (Å²) in [5, 5.41) is 6.90. The highest BCUT2D eigenvalue weighted by atomic mass is 32.2. The van der Waals surface area contributed by atoms with Gasteiger partial charge in [-0.1, -0.05) is 5.04 Å². The summed E-state index contributed by atoms with van der Waals surface area (Å²) >= 11 is -0.615. The van der Waals surface area contributed by atoms with Gasteiger partial charge in [0.2, 0.25) is 0 Å². The molecular weight excluding hydrogens is 298 g/mol. The lowest BCUT2D eigenvalue weighted by atomic mass is 9.87. The number of rotatable bonds is 7. The fraction of sp³-hybridized carbons (Fsp3) is 0.909. The molecule has 2 bridgehead atoms. The largest absolute Gasteiger partial charge is 0.460 e. The Hall–Kier alpha value is -0.480. The molecule has 9 heteroatoms. The van der Waals surface area contributed by atoms with Crippen LogP contribution in [0.25, 0.3) is 0 Å². The van der Waals surface area contributed by atoms with E-state index in [1.165, 1.54) is 0 Å². The minimum Gasteiger partial charge on any atom is -0.460 e. The predicted molar refractivity (Wildman–Crippen MR) is 63.4 cm³/mol. The molecule has 116 valence electrons. The molecule has 2 aliphatic rings. The zero-order valence-electron chi connectivity index (χ0n) is 10.8. The summed E-state index contributed by atoms with van der Waals surface area (Å²) < 4.78 is 39.9. The molecule has 4 unspecified atom stereocenters. The van der Waals surface area contributed by atoms with Gasteiger partial charge in [0, 0.05) is 7.11 Å². The average Bonchev–Trinajstić information content (AvgIpc) is 3.01. The van der Waals surface area contributed by atoms with Gasteiger partial charge >= 0.3 is 11.2 Å². The van der Waals surface area contributed by atoms with Gasteiger partial charge in [-0.05, 0) is 37.0 Å². The van der Waals surface area contributed by atoms with Crippen molar-refractivity contribution in [2.45, 2.75) is 30.6 Å². The van der Waals surface area contributed by atoms with Crippen molar-refractivity contribution in [2.24, 2.45) is 17.8 Å².